The van der Waals surface area contributed by atoms with Crippen LogP contribution in [-0.2, 0) is 29.7 Å². The molecule has 2 N–H and O–H groups in total. The van der Waals surface area contributed by atoms with Crippen LogP contribution in [-0.4, -0.2) is 80.3 Å². The van der Waals surface area contributed by atoms with E-state index < -0.39 is 24.3 Å². The van der Waals surface area contributed by atoms with E-state index >= 15 is 0 Å². The number of aryl methyl sites for hydroxylation is 1. The van der Waals surface area contributed by atoms with Crippen LogP contribution in [0.25, 0.3) is 0 Å². The van der Waals surface area contributed by atoms with Gasteiger partial charge in [-0.3, -0.25) is 14.5 Å². The molecule has 0 unspecified atom stereocenters. The summed E-state index contributed by atoms with van der Waals surface area (Å²) in [5.74, 6) is -3.82. The van der Waals surface area contributed by atoms with E-state index in [4.69, 9.17) is 24.2 Å². The third kappa shape index (κ3) is 9.53. The van der Waals surface area contributed by atoms with Crippen molar-refractivity contribution in [2.45, 2.75) is 31.9 Å². The molecule has 0 aromatic carbocycles. The summed E-state index contributed by atoms with van der Waals surface area (Å²) < 4.78 is 70.6. The molecule has 2 atom stereocenters. The second kappa shape index (κ2) is 12.3. The number of piperidine rings is 1. The molecule has 2 aromatic heterocycles. The Morgan fingerprint density at radius 1 is 0.972 bits per heavy atom. The molecular formula is C21H26F6N4O5. The quantitative estimate of drug-likeness (QED) is 0.582. The molecule has 0 amide bonds. The van der Waals surface area contributed by atoms with Crippen LogP contribution in [0, 0.1) is 11.8 Å². The largest absolute Gasteiger partial charge is 0.490 e. The Balaban J connectivity index is 0.000000271. The number of likely N-dealkylation sites (tertiary alicyclic amines) is 2. The Morgan fingerprint density at radius 3 is 1.97 bits per heavy atom. The third-order valence-electron chi connectivity index (χ3n) is 5.60. The number of fused-ring (bicyclic) bond motifs is 1. The number of hydrogen-bond donors (Lipinski definition) is 2. The number of alkyl halides is 6. The van der Waals surface area contributed by atoms with Crippen LogP contribution in [0.4, 0.5) is 26.3 Å². The van der Waals surface area contributed by atoms with Crippen molar-refractivity contribution in [3.63, 3.8) is 0 Å². The molecule has 9 nitrogen and oxygen atoms in total. The Bertz CT molecular complexity index is 952. The first-order valence-corrected chi connectivity index (χ1v) is 10.7. The van der Waals surface area contributed by atoms with Crippen molar-refractivity contribution in [1.82, 2.24) is 19.6 Å². The lowest BCUT2D eigenvalue weighted by Crippen LogP contribution is -2.39. The first-order valence-electron chi connectivity index (χ1n) is 10.7. The summed E-state index contributed by atoms with van der Waals surface area (Å²) >= 11 is 0. The molecule has 0 aliphatic carbocycles. The minimum Gasteiger partial charge on any atom is -0.475 e. The van der Waals surface area contributed by atoms with E-state index in [2.05, 4.69) is 27.2 Å². The fourth-order valence-corrected chi connectivity index (χ4v) is 4.07. The maximum Gasteiger partial charge on any atom is 0.490 e. The van der Waals surface area contributed by atoms with Gasteiger partial charge in [0, 0.05) is 57.1 Å². The van der Waals surface area contributed by atoms with Gasteiger partial charge in [0.15, 0.2) is 0 Å². The van der Waals surface area contributed by atoms with Crippen molar-refractivity contribution in [3.05, 3.63) is 42.1 Å². The summed E-state index contributed by atoms with van der Waals surface area (Å²) in [5, 5.41) is 18.5. The van der Waals surface area contributed by atoms with Crippen LogP contribution < -0.4 is 0 Å². The number of furan rings is 1. The zero-order valence-electron chi connectivity index (χ0n) is 19.2. The summed E-state index contributed by atoms with van der Waals surface area (Å²) in [6, 6.07) is 2.08. The van der Waals surface area contributed by atoms with Crippen molar-refractivity contribution in [1.29, 1.82) is 0 Å². The molecule has 0 spiro atoms. The number of carbonyl (C=O) groups is 2. The Labute approximate surface area is 201 Å². The fourth-order valence-electron chi connectivity index (χ4n) is 4.07. The number of carboxylic acid groups (broad SMARTS) is 2. The highest BCUT2D eigenvalue weighted by molar-refractivity contribution is 5.73. The number of nitrogens with zero attached hydrogens (tertiary/aromatic N) is 4. The number of aliphatic carboxylic acids is 2. The van der Waals surface area contributed by atoms with Gasteiger partial charge in [-0.1, -0.05) is 0 Å². The van der Waals surface area contributed by atoms with Crippen molar-refractivity contribution in [2.75, 3.05) is 26.2 Å². The van der Waals surface area contributed by atoms with Crippen molar-refractivity contribution >= 4 is 11.9 Å². The average Bonchev–Trinajstić information content (AvgIpc) is 3.49. The molecule has 0 bridgehead atoms. The second-order valence-electron chi connectivity index (χ2n) is 8.50. The monoisotopic (exact) mass is 528 g/mol. The van der Waals surface area contributed by atoms with Gasteiger partial charge >= 0.3 is 24.3 Å². The molecule has 15 heteroatoms. The lowest BCUT2D eigenvalue weighted by Gasteiger charge is -2.34. The molecule has 4 heterocycles. The molecule has 2 saturated heterocycles. The Kier molecular flexibility index (Phi) is 9.93. The Hall–Kier alpha value is -3.07. The summed E-state index contributed by atoms with van der Waals surface area (Å²) in [7, 11) is 1.99. The highest BCUT2D eigenvalue weighted by atomic mass is 19.4. The van der Waals surface area contributed by atoms with E-state index in [1.807, 2.05) is 24.2 Å². The predicted octanol–water partition coefficient (Wildman–Crippen LogP) is 3.23. The van der Waals surface area contributed by atoms with E-state index in [1.54, 1.807) is 6.26 Å². The van der Waals surface area contributed by atoms with E-state index in [9.17, 15) is 26.3 Å². The first-order chi connectivity index (χ1) is 16.6. The lowest BCUT2D eigenvalue weighted by molar-refractivity contribution is -0.193. The smallest absolute Gasteiger partial charge is 0.475 e. The minimum atomic E-state index is -5.08. The second-order valence-corrected chi connectivity index (χ2v) is 8.50. The van der Waals surface area contributed by atoms with Crippen LogP contribution in [0.15, 0.2) is 35.4 Å². The van der Waals surface area contributed by atoms with E-state index in [0.29, 0.717) is 0 Å². The maximum absolute atomic E-state index is 10.6. The van der Waals surface area contributed by atoms with E-state index in [1.165, 1.54) is 43.7 Å². The number of hydrogen-bond acceptors (Lipinski definition) is 6. The van der Waals surface area contributed by atoms with Crippen molar-refractivity contribution in [3.8, 4) is 0 Å². The summed E-state index contributed by atoms with van der Waals surface area (Å²) in [5.41, 5.74) is 2.63. The van der Waals surface area contributed by atoms with Gasteiger partial charge in [-0.25, -0.2) is 9.59 Å². The zero-order valence-corrected chi connectivity index (χ0v) is 19.2. The highest BCUT2D eigenvalue weighted by Crippen LogP contribution is 2.32. The van der Waals surface area contributed by atoms with Gasteiger partial charge in [0.25, 0.3) is 0 Å². The first kappa shape index (κ1) is 29.2. The average molecular weight is 528 g/mol. The van der Waals surface area contributed by atoms with Crippen LogP contribution in [0.3, 0.4) is 0 Å². The van der Waals surface area contributed by atoms with Crippen LogP contribution in [0.2, 0.25) is 0 Å². The van der Waals surface area contributed by atoms with Gasteiger partial charge in [0.1, 0.15) is 0 Å². The molecule has 202 valence electrons. The number of aromatic nitrogens is 2. The number of carboxylic acids is 2. The van der Waals surface area contributed by atoms with Crippen molar-refractivity contribution < 1.29 is 50.6 Å². The molecule has 2 fully saturated rings. The molecule has 2 aromatic rings. The van der Waals surface area contributed by atoms with Gasteiger partial charge in [-0.2, -0.15) is 31.4 Å². The van der Waals surface area contributed by atoms with E-state index in [0.717, 1.165) is 24.9 Å². The summed E-state index contributed by atoms with van der Waals surface area (Å²) in [6.45, 7) is 6.98. The highest BCUT2D eigenvalue weighted by Gasteiger charge is 2.39. The van der Waals surface area contributed by atoms with Gasteiger partial charge in [0.2, 0.25) is 0 Å². The van der Waals surface area contributed by atoms with Crippen LogP contribution in [0.1, 0.15) is 17.5 Å². The van der Waals surface area contributed by atoms with Gasteiger partial charge in [-0.15, -0.1) is 0 Å². The lowest BCUT2D eigenvalue weighted by atomic mass is 9.88. The van der Waals surface area contributed by atoms with Gasteiger partial charge in [0.05, 0.1) is 18.7 Å². The molecule has 36 heavy (non-hydrogen) atoms. The fraction of sp³-hybridized carbons (Fsp3) is 0.571. The number of halogens is 6. The summed E-state index contributed by atoms with van der Waals surface area (Å²) in [4.78, 5) is 23.0. The molecule has 2 aliphatic heterocycles. The van der Waals surface area contributed by atoms with Crippen LogP contribution in [0.5, 0.6) is 0 Å². The predicted molar refractivity (Wildman–Crippen MR) is 111 cm³/mol. The molecular weight excluding hydrogens is 502 g/mol. The topological polar surface area (TPSA) is 112 Å². The van der Waals surface area contributed by atoms with Crippen LogP contribution >= 0.6 is 0 Å². The minimum absolute atomic E-state index is 0.817. The zero-order chi connectivity index (χ0) is 27.1. The maximum atomic E-state index is 10.6. The number of rotatable bonds is 4. The SMILES string of the molecule is Cn1cc(CN2CC[C@@H]3CN(Cc4ccoc4)C[C@@H]3C2)cn1.O=C(O)C(F)(F)F.O=C(O)C(F)(F)F. The molecule has 0 saturated carbocycles. The molecule has 0 radical (unpaired) electrons. The van der Waals surface area contributed by atoms with E-state index in [-0.39, 0.29) is 0 Å². The Morgan fingerprint density at radius 2 is 1.50 bits per heavy atom. The summed E-state index contributed by atoms with van der Waals surface area (Å²) in [6.07, 6.45) is -1.07. The van der Waals surface area contributed by atoms with Crippen molar-refractivity contribution in [2.24, 2.45) is 18.9 Å². The normalized spacial score (nSPS) is 20.5. The molecule has 4 rings (SSSR count). The standard InChI is InChI=1S/C17H24N4O.2C2HF3O2/c1-19-7-15(6-18-19)9-20-4-2-16-10-21(12-17(16)11-20)8-14-3-5-22-13-14;2*3-2(4,5)1(6)7/h3,5-7,13,16-17H,2,4,8-12H2,1H3;2*(H,6,7)/t16-,17+;;/m1../s1. The van der Waals surface area contributed by atoms with Gasteiger partial charge < -0.3 is 14.6 Å². The van der Waals surface area contributed by atoms with Gasteiger partial charge in [-0.05, 0) is 30.9 Å². The molecule has 2 aliphatic rings. The third-order valence-corrected chi connectivity index (χ3v) is 5.60.